The smallest absolute Gasteiger partial charge is 0.146 e. The van der Waals surface area contributed by atoms with Crippen LogP contribution in [-0.2, 0) is 6.42 Å². The van der Waals surface area contributed by atoms with Crippen LogP contribution in [0.1, 0.15) is 24.1 Å². The molecule has 0 radical (unpaired) electrons. The van der Waals surface area contributed by atoms with E-state index in [1.165, 1.54) is 12.3 Å². The summed E-state index contributed by atoms with van der Waals surface area (Å²) in [6, 6.07) is 6.30. The maximum Gasteiger partial charge on any atom is 0.146 e. The van der Waals surface area contributed by atoms with Gasteiger partial charge in [-0.1, -0.05) is 19.1 Å². The Bertz CT molecular complexity index is 590. The van der Waals surface area contributed by atoms with Crippen molar-refractivity contribution < 1.29 is 8.78 Å². The number of nitrogens with one attached hydrogen (secondary N) is 1. The molecule has 0 aliphatic carbocycles. The van der Waals surface area contributed by atoms with Crippen LogP contribution in [0, 0.1) is 11.6 Å². The summed E-state index contributed by atoms with van der Waals surface area (Å²) in [6.07, 6.45) is 3.25. The molecule has 0 aliphatic heterocycles. The van der Waals surface area contributed by atoms with E-state index in [4.69, 9.17) is 0 Å². The second-order valence-corrected chi connectivity index (χ2v) is 5.22. The molecule has 0 bridgehead atoms. The first-order chi connectivity index (χ1) is 9.63. The van der Waals surface area contributed by atoms with Crippen molar-refractivity contribution in [1.29, 1.82) is 0 Å². The quantitative estimate of drug-likeness (QED) is 0.889. The molecule has 20 heavy (non-hydrogen) atoms. The van der Waals surface area contributed by atoms with Gasteiger partial charge in [0.1, 0.15) is 11.6 Å². The molecule has 0 aliphatic rings. The third kappa shape index (κ3) is 3.41. The monoisotopic (exact) mass is 340 g/mol. The van der Waals surface area contributed by atoms with Crippen LogP contribution in [0.2, 0.25) is 0 Å². The highest BCUT2D eigenvalue weighted by Gasteiger charge is 2.17. The summed E-state index contributed by atoms with van der Waals surface area (Å²) in [5.41, 5.74) is 1.34. The topological polar surface area (TPSA) is 24.9 Å². The zero-order chi connectivity index (χ0) is 14.5. The number of likely N-dealkylation sites (N-methyl/N-ethyl adjacent to an activating group) is 1. The lowest BCUT2D eigenvalue weighted by Crippen LogP contribution is -2.24. The molecule has 1 unspecified atom stereocenters. The number of hydrogen-bond acceptors (Lipinski definition) is 2. The van der Waals surface area contributed by atoms with E-state index in [9.17, 15) is 8.78 Å². The van der Waals surface area contributed by atoms with Crippen LogP contribution in [-0.4, -0.2) is 11.5 Å². The Labute approximate surface area is 125 Å². The molecule has 0 fully saturated rings. The van der Waals surface area contributed by atoms with Crippen molar-refractivity contribution in [3.8, 4) is 0 Å². The maximum atomic E-state index is 13.9. The number of hydrogen-bond donors (Lipinski definition) is 1. The summed E-state index contributed by atoms with van der Waals surface area (Å²) in [5.74, 6) is -0.668. The lowest BCUT2D eigenvalue weighted by Gasteiger charge is -2.19. The highest BCUT2D eigenvalue weighted by atomic mass is 79.9. The molecular weight excluding hydrogens is 326 g/mol. The number of rotatable bonds is 5. The Morgan fingerprint density at radius 2 is 2.05 bits per heavy atom. The van der Waals surface area contributed by atoms with Gasteiger partial charge in [-0.3, -0.25) is 4.98 Å². The normalized spacial score (nSPS) is 12.4. The molecule has 1 aromatic carbocycles. The molecule has 1 heterocycles. The van der Waals surface area contributed by atoms with Gasteiger partial charge >= 0.3 is 0 Å². The number of aromatic nitrogens is 1. The molecule has 5 heteroatoms. The van der Waals surface area contributed by atoms with Gasteiger partial charge in [-0.05, 0) is 46.6 Å². The summed E-state index contributed by atoms with van der Waals surface area (Å²) < 4.78 is 27.8. The molecule has 0 spiro atoms. The molecule has 1 aromatic heterocycles. The van der Waals surface area contributed by atoms with Gasteiger partial charge < -0.3 is 5.32 Å². The van der Waals surface area contributed by atoms with Crippen molar-refractivity contribution in [2.24, 2.45) is 0 Å². The SMILES string of the molecule is CCNC(Cc1cccc(F)c1Br)c1ccncc1F. The van der Waals surface area contributed by atoms with Crippen LogP contribution in [0.15, 0.2) is 41.1 Å². The minimum absolute atomic E-state index is 0.221. The van der Waals surface area contributed by atoms with Crippen molar-refractivity contribution >= 4 is 15.9 Å². The summed E-state index contributed by atoms with van der Waals surface area (Å²) >= 11 is 3.24. The number of halogens is 3. The Balaban J connectivity index is 2.31. The van der Waals surface area contributed by atoms with Crippen LogP contribution in [0.3, 0.4) is 0 Å². The molecule has 106 valence electrons. The fourth-order valence-electron chi connectivity index (χ4n) is 2.13. The molecule has 1 N–H and O–H groups in total. The molecule has 2 aromatic rings. The molecule has 1 atom stereocenters. The van der Waals surface area contributed by atoms with Gasteiger partial charge in [-0.15, -0.1) is 0 Å². The van der Waals surface area contributed by atoms with E-state index >= 15 is 0 Å². The fraction of sp³-hybridized carbons (Fsp3) is 0.267. The van der Waals surface area contributed by atoms with E-state index in [0.29, 0.717) is 23.0 Å². The standard InChI is InChI=1S/C15H15BrF2N2/c1-2-20-14(11-6-7-19-9-13(11)18)8-10-4-3-5-12(17)15(10)16/h3-7,9,14,20H,2,8H2,1H3. The minimum Gasteiger partial charge on any atom is -0.310 e. The first-order valence-electron chi connectivity index (χ1n) is 6.39. The van der Waals surface area contributed by atoms with E-state index in [2.05, 4.69) is 26.2 Å². The third-order valence-corrected chi connectivity index (χ3v) is 3.97. The lowest BCUT2D eigenvalue weighted by atomic mass is 9.99. The van der Waals surface area contributed by atoms with Crippen LogP contribution in [0.4, 0.5) is 8.78 Å². The summed E-state index contributed by atoms with van der Waals surface area (Å²) in [6.45, 7) is 2.64. The summed E-state index contributed by atoms with van der Waals surface area (Å²) in [7, 11) is 0. The average molecular weight is 341 g/mol. The minimum atomic E-state index is -0.356. The van der Waals surface area contributed by atoms with E-state index in [-0.39, 0.29) is 17.7 Å². The highest BCUT2D eigenvalue weighted by Crippen LogP contribution is 2.26. The van der Waals surface area contributed by atoms with Gasteiger partial charge in [0.25, 0.3) is 0 Å². The molecule has 0 saturated carbocycles. The fourth-order valence-corrected chi connectivity index (χ4v) is 2.56. The predicted molar refractivity (Wildman–Crippen MR) is 78.4 cm³/mol. The van der Waals surface area contributed by atoms with E-state index in [1.54, 1.807) is 18.3 Å². The first-order valence-corrected chi connectivity index (χ1v) is 7.18. The predicted octanol–water partition coefficient (Wildman–Crippen LogP) is 4.02. The van der Waals surface area contributed by atoms with E-state index < -0.39 is 0 Å². The van der Waals surface area contributed by atoms with Crippen LogP contribution in [0.5, 0.6) is 0 Å². The lowest BCUT2D eigenvalue weighted by molar-refractivity contribution is 0.505. The number of nitrogens with zero attached hydrogens (tertiary/aromatic N) is 1. The first kappa shape index (κ1) is 15.1. The molecular formula is C15H15BrF2N2. The average Bonchev–Trinajstić information content (AvgIpc) is 2.44. The van der Waals surface area contributed by atoms with Crippen LogP contribution in [0.25, 0.3) is 0 Å². The van der Waals surface area contributed by atoms with Gasteiger partial charge in [0.05, 0.1) is 10.7 Å². The highest BCUT2D eigenvalue weighted by molar-refractivity contribution is 9.10. The van der Waals surface area contributed by atoms with Gasteiger partial charge in [0.2, 0.25) is 0 Å². The van der Waals surface area contributed by atoms with Gasteiger partial charge in [0, 0.05) is 17.8 Å². The number of benzene rings is 1. The largest absolute Gasteiger partial charge is 0.310 e. The van der Waals surface area contributed by atoms with Crippen molar-refractivity contribution in [3.05, 3.63) is 63.9 Å². The zero-order valence-electron chi connectivity index (χ0n) is 11.0. The molecule has 2 nitrogen and oxygen atoms in total. The zero-order valence-corrected chi connectivity index (χ0v) is 12.6. The van der Waals surface area contributed by atoms with Crippen molar-refractivity contribution in [1.82, 2.24) is 10.3 Å². The van der Waals surface area contributed by atoms with E-state index in [0.717, 1.165) is 5.56 Å². The van der Waals surface area contributed by atoms with Crippen LogP contribution < -0.4 is 5.32 Å². The van der Waals surface area contributed by atoms with Gasteiger partial charge in [-0.2, -0.15) is 0 Å². The van der Waals surface area contributed by atoms with E-state index in [1.807, 2.05) is 13.0 Å². The second-order valence-electron chi connectivity index (χ2n) is 4.42. The second kappa shape index (κ2) is 6.90. The Kier molecular flexibility index (Phi) is 5.20. The van der Waals surface area contributed by atoms with Crippen molar-refractivity contribution in [2.45, 2.75) is 19.4 Å². The maximum absolute atomic E-state index is 13.9. The number of pyridine rings is 1. The Morgan fingerprint density at radius 3 is 2.75 bits per heavy atom. The molecule has 0 saturated heterocycles. The van der Waals surface area contributed by atoms with Gasteiger partial charge in [0.15, 0.2) is 0 Å². The summed E-state index contributed by atoms with van der Waals surface area (Å²) in [5, 5.41) is 3.22. The summed E-state index contributed by atoms with van der Waals surface area (Å²) in [4.78, 5) is 3.75. The van der Waals surface area contributed by atoms with Gasteiger partial charge in [-0.25, -0.2) is 8.78 Å². The van der Waals surface area contributed by atoms with Crippen molar-refractivity contribution in [2.75, 3.05) is 6.54 Å². The molecule has 2 rings (SSSR count). The third-order valence-electron chi connectivity index (χ3n) is 3.09. The Morgan fingerprint density at radius 1 is 1.25 bits per heavy atom. The Hall–Kier alpha value is -1.33. The van der Waals surface area contributed by atoms with Crippen LogP contribution >= 0.6 is 15.9 Å². The van der Waals surface area contributed by atoms with Crippen molar-refractivity contribution in [3.63, 3.8) is 0 Å². The molecule has 0 amide bonds.